The summed E-state index contributed by atoms with van der Waals surface area (Å²) in [6, 6.07) is 15.3. The first-order valence-corrected chi connectivity index (χ1v) is 20.4. The van der Waals surface area contributed by atoms with Gasteiger partial charge in [0.25, 0.3) is 11.8 Å². The second-order valence-corrected chi connectivity index (χ2v) is 15.5. The van der Waals surface area contributed by atoms with E-state index in [1.54, 1.807) is 25.7 Å². The van der Waals surface area contributed by atoms with Crippen molar-refractivity contribution in [1.29, 1.82) is 0 Å². The Morgan fingerprint density at radius 3 is 1.70 bits per heavy atom. The number of ether oxygens (including phenoxy) is 2. The lowest BCUT2D eigenvalue weighted by Crippen LogP contribution is -2.37. The number of nitrogens with zero attached hydrogens (tertiary/aromatic N) is 6. The minimum atomic E-state index is -1.63. The van der Waals surface area contributed by atoms with Crippen LogP contribution in [0, 0.1) is 24.2 Å². The minimum absolute atomic E-state index is 0. The van der Waals surface area contributed by atoms with Gasteiger partial charge in [0, 0.05) is 72.6 Å². The largest absolute Gasteiger partial charge is 0.461 e. The van der Waals surface area contributed by atoms with Gasteiger partial charge in [0.1, 0.15) is 0 Å². The molecule has 0 spiro atoms. The Bertz CT molecular complexity index is 2390. The van der Waals surface area contributed by atoms with Crippen LogP contribution < -0.4 is 0 Å². The van der Waals surface area contributed by atoms with E-state index in [1.165, 1.54) is 9.80 Å². The molecule has 2 aromatic carbocycles. The first-order valence-electron chi connectivity index (χ1n) is 19.6. The van der Waals surface area contributed by atoms with Gasteiger partial charge in [0.15, 0.2) is 11.4 Å². The van der Waals surface area contributed by atoms with E-state index in [2.05, 4.69) is 43.9 Å². The van der Waals surface area contributed by atoms with E-state index in [9.17, 15) is 29.4 Å². The molecule has 2 N–H and O–H groups in total. The molecule has 316 valence electrons. The predicted octanol–water partition coefficient (Wildman–Crippen LogP) is 4.63. The maximum Gasteiger partial charge on any atom is 0.359 e. The molecule has 4 heterocycles. The van der Waals surface area contributed by atoms with E-state index >= 15 is 0 Å². The van der Waals surface area contributed by atoms with Gasteiger partial charge < -0.3 is 29.5 Å². The van der Waals surface area contributed by atoms with Crippen molar-refractivity contribution in [3.63, 3.8) is 0 Å². The third-order valence-corrected chi connectivity index (χ3v) is 11.1. The zero-order chi connectivity index (χ0) is 42.5. The van der Waals surface area contributed by atoms with Crippen molar-refractivity contribution < 1.29 is 38.9 Å². The van der Waals surface area contributed by atoms with Crippen LogP contribution in [-0.4, -0.2) is 115 Å². The number of terminal acetylenes is 1. The third-order valence-electron chi connectivity index (χ3n) is 10.6. The van der Waals surface area contributed by atoms with Crippen LogP contribution in [0.25, 0.3) is 11.4 Å². The highest BCUT2D eigenvalue weighted by molar-refractivity contribution is 9.10. The Labute approximate surface area is 359 Å². The van der Waals surface area contributed by atoms with Crippen molar-refractivity contribution in [2.45, 2.75) is 83.8 Å². The maximum absolute atomic E-state index is 12.3. The smallest absolute Gasteiger partial charge is 0.359 e. The van der Waals surface area contributed by atoms with Gasteiger partial charge in [-0.3, -0.25) is 9.59 Å². The summed E-state index contributed by atoms with van der Waals surface area (Å²) in [5.74, 6) is 6.29. The number of hydrogen-bond acceptors (Lipinski definition) is 10. The summed E-state index contributed by atoms with van der Waals surface area (Å²) >= 11 is 3.47. The molecule has 0 saturated carbocycles. The number of hydrogen-bond donors (Lipinski definition) is 2. The number of rotatable bonds is 6. The number of likely N-dealkylation sites (tertiary alicyclic amines) is 2. The second-order valence-electron chi connectivity index (χ2n) is 14.6. The Hall–Kier alpha value is -5.74. The number of benzene rings is 2. The van der Waals surface area contributed by atoms with Crippen LogP contribution in [0.3, 0.4) is 0 Å². The van der Waals surface area contributed by atoms with Crippen LogP contribution >= 0.6 is 15.9 Å². The van der Waals surface area contributed by atoms with Crippen LogP contribution in [0.2, 0.25) is 0 Å². The summed E-state index contributed by atoms with van der Waals surface area (Å²) in [4.78, 5) is 50.3. The Morgan fingerprint density at radius 2 is 1.27 bits per heavy atom. The monoisotopic (exact) mass is 882 g/mol. The van der Waals surface area contributed by atoms with Crippen LogP contribution in [0.1, 0.15) is 96.0 Å². The zero-order valence-corrected chi connectivity index (χ0v) is 35.2. The SMILES string of the molecule is C.C#C[C@]1(O)CCN(C)C1=O.CCOC(=O)c1nn(-c2cccc(Br)c2)c2c1CCC2.CCOC(=O)c1nn(-c2cccc(C#C[C@]3(O)CCN(C)C3=O)c2)c2c1CCC2. The van der Waals surface area contributed by atoms with E-state index in [1.807, 2.05) is 60.1 Å². The number of likely N-dealkylation sites (N-methyl/N-ethyl adjacent to an activating group) is 2. The summed E-state index contributed by atoms with van der Waals surface area (Å²) in [6.45, 7) is 5.29. The lowest BCUT2D eigenvalue weighted by molar-refractivity contribution is -0.138. The van der Waals surface area contributed by atoms with Crippen molar-refractivity contribution in [2.75, 3.05) is 40.4 Å². The van der Waals surface area contributed by atoms with Crippen LogP contribution in [0.5, 0.6) is 0 Å². The van der Waals surface area contributed by atoms with Crippen LogP contribution in [-0.2, 0) is 44.7 Å². The fourth-order valence-electron chi connectivity index (χ4n) is 7.48. The Kier molecular flexibility index (Phi) is 14.4. The summed E-state index contributed by atoms with van der Waals surface area (Å²) < 4.78 is 14.9. The highest BCUT2D eigenvalue weighted by Gasteiger charge is 2.43. The second kappa shape index (κ2) is 19.1. The van der Waals surface area contributed by atoms with Gasteiger partial charge in [-0.25, -0.2) is 19.0 Å². The highest BCUT2D eigenvalue weighted by Crippen LogP contribution is 2.30. The fourth-order valence-corrected chi connectivity index (χ4v) is 7.87. The third kappa shape index (κ3) is 9.34. The number of esters is 2. The van der Waals surface area contributed by atoms with Gasteiger partial charge in [0.05, 0.1) is 24.6 Å². The standard InChI is InChI=1S/C22H23N3O4.C15H15BrN2O2.C7H9NO2.CH4/c1-3-29-20(26)19-17-8-5-9-18(17)25(23-19)16-7-4-6-15(14-16)10-11-22(28)12-13-24(2)21(22)27;1-2-20-15(19)14-12-7-4-8-13(12)18(17-14)11-6-3-5-10(16)9-11;1-3-7(10)4-5-8(2)6(7)9;/h4,6-7,14,28H,3,5,8-9,12-13H2,1-2H3;3,5-6,9H,2,4,7-8H2,1H3;1,10H,4-5H2,2H3;1H4/t22-;;7-;/m0.0./s1. The molecular formula is C45H51BrN6O8. The summed E-state index contributed by atoms with van der Waals surface area (Å²) in [5.41, 5.74) is 4.26. The number of carbonyl (C=O) groups is 4. The summed E-state index contributed by atoms with van der Waals surface area (Å²) in [7, 11) is 3.28. The van der Waals surface area contributed by atoms with Gasteiger partial charge in [-0.2, -0.15) is 10.2 Å². The van der Waals surface area contributed by atoms with Gasteiger partial charge >= 0.3 is 11.9 Å². The predicted molar refractivity (Wildman–Crippen MR) is 228 cm³/mol. The van der Waals surface area contributed by atoms with Gasteiger partial charge in [-0.15, -0.1) is 6.42 Å². The molecule has 8 rings (SSSR count). The fraction of sp³-hybridized carbons (Fsp3) is 0.422. The molecule has 0 radical (unpaired) electrons. The van der Waals surface area contributed by atoms with Crippen molar-refractivity contribution in [2.24, 2.45) is 0 Å². The topological polar surface area (TPSA) is 169 Å². The summed E-state index contributed by atoms with van der Waals surface area (Å²) in [6.07, 6.45) is 11.2. The highest BCUT2D eigenvalue weighted by atomic mass is 79.9. The first-order chi connectivity index (χ1) is 28.2. The Morgan fingerprint density at radius 1 is 0.783 bits per heavy atom. The Balaban J connectivity index is 0.000000190. The van der Waals surface area contributed by atoms with Crippen molar-refractivity contribution in [3.05, 3.63) is 92.5 Å². The van der Waals surface area contributed by atoms with E-state index in [0.717, 1.165) is 76.9 Å². The zero-order valence-electron chi connectivity index (χ0n) is 33.6. The number of halogens is 1. The van der Waals surface area contributed by atoms with Crippen molar-refractivity contribution >= 4 is 39.7 Å². The van der Waals surface area contributed by atoms with Gasteiger partial charge in [0.2, 0.25) is 11.2 Å². The molecule has 14 nitrogen and oxygen atoms in total. The molecule has 2 aliphatic carbocycles. The number of aliphatic hydroxyl groups is 2. The number of fused-ring (bicyclic) bond motifs is 2. The van der Waals surface area contributed by atoms with Gasteiger partial charge in [-0.05, 0) is 88.8 Å². The van der Waals surface area contributed by atoms with Crippen molar-refractivity contribution in [3.8, 4) is 35.6 Å². The number of aromatic nitrogens is 4. The van der Waals surface area contributed by atoms with E-state index in [0.29, 0.717) is 56.1 Å². The number of carbonyl (C=O) groups excluding carboxylic acids is 4. The maximum atomic E-state index is 12.3. The van der Waals surface area contributed by atoms with Gasteiger partial charge in [-0.1, -0.05) is 53.3 Å². The molecule has 4 aromatic rings. The molecule has 60 heavy (non-hydrogen) atoms. The normalized spacial score (nSPS) is 19.7. The lowest BCUT2D eigenvalue weighted by atomic mass is 10.0. The lowest BCUT2D eigenvalue weighted by Gasteiger charge is -2.13. The summed E-state index contributed by atoms with van der Waals surface area (Å²) in [5, 5.41) is 28.8. The first kappa shape index (κ1) is 45.3. The molecule has 15 heteroatoms. The molecule has 2 amide bonds. The molecular weight excluding hydrogens is 832 g/mol. The molecule has 2 atom stereocenters. The van der Waals surface area contributed by atoms with E-state index in [-0.39, 0.29) is 25.2 Å². The average Bonchev–Trinajstić information content (AvgIpc) is 4.09. The van der Waals surface area contributed by atoms with Crippen molar-refractivity contribution in [1.82, 2.24) is 29.4 Å². The quantitative estimate of drug-likeness (QED) is 0.206. The molecule has 2 fully saturated rings. The molecule has 2 saturated heterocycles. The molecule has 2 aromatic heterocycles. The minimum Gasteiger partial charge on any atom is -0.461 e. The van der Waals surface area contributed by atoms with E-state index in [4.69, 9.17) is 15.9 Å². The molecule has 0 bridgehead atoms. The van der Waals surface area contributed by atoms with Crippen LogP contribution in [0.4, 0.5) is 0 Å². The average molecular weight is 884 g/mol. The molecule has 0 unspecified atom stereocenters. The number of amides is 2. The molecule has 2 aliphatic heterocycles. The van der Waals surface area contributed by atoms with E-state index < -0.39 is 17.2 Å². The van der Waals surface area contributed by atoms with Crippen LogP contribution in [0.15, 0.2) is 53.0 Å². The molecule has 4 aliphatic rings.